The maximum absolute atomic E-state index is 13.2. The van der Waals surface area contributed by atoms with Gasteiger partial charge in [-0.3, -0.25) is 9.59 Å². The van der Waals surface area contributed by atoms with Gasteiger partial charge in [0.2, 0.25) is 5.91 Å². The van der Waals surface area contributed by atoms with Gasteiger partial charge in [-0.15, -0.1) is 0 Å². The number of benzene rings is 2. The Balaban J connectivity index is 1.19. The Hall–Kier alpha value is -3.45. The van der Waals surface area contributed by atoms with Crippen molar-refractivity contribution in [2.45, 2.75) is 38.5 Å². The molecule has 0 radical (unpaired) electrons. The Morgan fingerprint density at radius 1 is 1.06 bits per heavy atom. The number of likely N-dealkylation sites (tertiary alicyclic amines) is 1. The number of amides is 2. The zero-order valence-electron chi connectivity index (χ0n) is 20.2. The highest BCUT2D eigenvalue weighted by molar-refractivity contribution is 5.94. The smallest absolute Gasteiger partial charge is 0.253 e. The van der Waals surface area contributed by atoms with Gasteiger partial charge in [0.25, 0.3) is 5.91 Å². The van der Waals surface area contributed by atoms with Gasteiger partial charge >= 0.3 is 0 Å². The average molecular weight is 473 g/mol. The third-order valence-electron chi connectivity index (χ3n) is 7.34. The summed E-state index contributed by atoms with van der Waals surface area (Å²) in [4.78, 5) is 33.7. The van der Waals surface area contributed by atoms with Crippen LogP contribution in [0.25, 0.3) is 0 Å². The van der Waals surface area contributed by atoms with Crippen molar-refractivity contribution in [1.29, 1.82) is 0 Å². The van der Waals surface area contributed by atoms with E-state index in [0.717, 1.165) is 29.5 Å². The summed E-state index contributed by atoms with van der Waals surface area (Å²) in [6, 6.07) is 17.9. The zero-order chi connectivity index (χ0) is 24.3. The van der Waals surface area contributed by atoms with Crippen LogP contribution in [0, 0.1) is 5.92 Å². The van der Waals surface area contributed by atoms with Crippen LogP contribution in [0.4, 0.5) is 0 Å². The molecule has 2 fully saturated rings. The van der Waals surface area contributed by atoms with E-state index in [0.29, 0.717) is 38.6 Å². The van der Waals surface area contributed by atoms with Crippen molar-refractivity contribution in [1.82, 2.24) is 19.4 Å². The van der Waals surface area contributed by atoms with Crippen LogP contribution in [0.1, 0.15) is 41.3 Å². The number of hydrogen-bond donors (Lipinski definition) is 0. The van der Waals surface area contributed by atoms with Crippen LogP contribution in [0.5, 0.6) is 0 Å². The van der Waals surface area contributed by atoms with Crippen LogP contribution >= 0.6 is 0 Å². The number of carbonyl (C=O) groups is 2. The first-order valence-electron chi connectivity index (χ1n) is 12.3. The number of ether oxygens (including phenoxy) is 1. The second kappa shape index (κ2) is 10.0. The Labute approximate surface area is 206 Å². The number of morpholine rings is 1. The number of rotatable bonds is 6. The first-order valence-corrected chi connectivity index (χ1v) is 12.3. The summed E-state index contributed by atoms with van der Waals surface area (Å²) in [5.74, 6) is 0.409. The normalized spacial score (nSPS) is 21.3. The Morgan fingerprint density at radius 3 is 2.57 bits per heavy atom. The first-order chi connectivity index (χ1) is 17.0. The highest BCUT2D eigenvalue weighted by atomic mass is 16.5. The van der Waals surface area contributed by atoms with Crippen LogP contribution < -0.4 is 0 Å². The molecular weight excluding hydrogens is 440 g/mol. The maximum atomic E-state index is 13.2. The second-order valence-corrected chi connectivity index (χ2v) is 9.84. The molecule has 1 aromatic heterocycles. The predicted octanol–water partition coefficient (Wildman–Crippen LogP) is 3.60. The van der Waals surface area contributed by atoms with Crippen molar-refractivity contribution < 1.29 is 14.3 Å². The summed E-state index contributed by atoms with van der Waals surface area (Å²) in [6.07, 6.45) is 7.19. The van der Waals surface area contributed by atoms with Crippen LogP contribution in [0.15, 0.2) is 73.3 Å². The molecule has 0 bridgehead atoms. The molecule has 2 aliphatic heterocycles. The third kappa shape index (κ3) is 5.30. The molecule has 35 heavy (non-hydrogen) atoms. The Kier molecular flexibility index (Phi) is 6.68. The third-order valence-corrected chi connectivity index (χ3v) is 7.34. The minimum Gasteiger partial charge on any atom is -0.363 e. The van der Waals surface area contributed by atoms with Crippen molar-refractivity contribution in [2.24, 2.45) is 5.92 Å². The van der Waals surface area contributed by atoms with Gasteiger partial charge in [-0.1, -0.05) is 42.5 Å². The fourth-order valence-electron chi connectivity index (χ4n) is 5.30. The van der Waals surface area contributed by atoms with Gasteiger partial charge in [0.05, 0.1) is 18.5 Å². The minimum atomic E-state index is -0.400. The van der Waals surface area contributed by atoms with Crippen LogP contribution in [-0.4, -0.2) is 63.0 Å². The molecule has 2 aliphatic rings. The lowest BCUT2D eigenvalue weighted by Crippen LogP contribution is -2.58. The number of carbonyl (C=O) groups excluding carboxylic acids is 2. The van der Waals surface area contributed by atoms with E-state index in [-0.39, 0.29) is 18.4 Å². The lowest BCUT2D eigenvalue weighted by Gasteiger charge is -2.47. The molecule has 0 N–H and O–H groups in total. The van der Waals surface area contributed by atoms with Gasteiger partial charge in [-0.05, 0) is 48.9 Å². The number of nitrogens with zero attached hydrogens (tertiary/aromatic N) is 4. The van der Waals surface area contributed by atoms with E-state index in [9.17, 15) is 9.59 Å². The molecule has 2 saturated heterocycles. The van der Waals surface area contributed by atoms with Gasteiger partial charge in [0.1, 0.15) is 6.61 Å². The summed E-state index contributed by atoms with van der Waals surface area (Å²) in [5, 5.41) is 0. The molecule has 2 amide bonds. The van der Waals surface area contributed by atoms with E-state index in [1.807, 2.05) is 63.0 Å². The van der Waals surface area contributed by atoms with E-state index in [4.69, 9.17) is 4.74 Å². The maximum Gasteiger partial charge on any atom is 0.253 e. The molecule has 3 aromatic rings. The van der Waals surface area contributed by atoms with Gasteiger partial charge < -0.3 is 19.1 Å². The van der Waals surface area contributed by atoms with Gasteiger partial charge in [0, 0.05) is 44.1 Å². The van der Waals surface area contributed by atoms with Crippen molar-refractivity contribution >= 4 is 11.8 Å². The SMILES string of the molecule is C[C@]1(C2CCN(C(=O)c3cccc(Cn4ccnc4)c3)CC2)CN(Cc2ccccc2)C(=O)CO1. The molecule has 5 rings (SSSR count). The Morgan fingerprint density at radius 2 is 1.83 bits per heavy atom. The number of imidazole rings is 1. The lowest BCUT2D eigenvalue weighted by atomic mass is 9.80. The van der Waals surface area contributed by atoms with Gasteiger partial charge in [-0.2, -0.15) is 0 Å². The lowest BCUT2D eigenvalue weighted by molar-refractivity contribution is -0.173. The van der Waals surface area contributed by atoms with Crippen molar-refractivity contribution in [3.05, 3.63) is 90.0 Å². The van der Waals surface area contributed by atoms with E-state index in [1.54, 1.807) is 12.5 Å². The summed E-state index contributed by atoms with van der Waals surface area (Å²) >= 11 is 0. The van der Waals surface area contributed by atoms with Gasteiger partial charge in [-0.25, -0.2) is 4.98 Å². The van der Waals surface area contributed by atoms with E-state index >= 15 is 0 Å². The van der Waals surface area contributed by atoms with Crippen LogP contribution in [0.2, 0.25) is 0 Å². The van der Waals surface area contributed by atoms with Crippen molar-refractivity contribution in [2.75, 3.05) is 26.2 Å². The molecule has 0 aliphatic carbocycles. The summed E-state index contributed by atoms with van der Waals surface area (Å²) in [7, 11) is 0. The summed E-state index contributed by atoms with van der Waals surface area (Å²) in [5.41, 5.74) is 2.53. The molecule has 1 atom stereocenters. The molecule has 7 heteroatoms. The highest BCUT2D eigenvalue weighted by Crippen LogP contribution is 2.35. The van der Waals surface area contributed by atoms with Crippen LogP contribution in [0.3, 0.4) is 0 Å². The minimum absolute atomic E-state index is 0.0366. The topological polar surface area (TPSA) is 67.7 Å². The first kappa shape index (κ1) is 23.3. The summed E-state index contributed by atoms with van der Waals surface area (Å²) < 4.78 is 8.12. The predicted molar refractivity (Wildman–Crippen MR) is 133 cm³/mol. The number of piperidine rings is 1. The number of aromatic nitrogens is 2. The van der Waals surface area contributed by atoms with Crippen molar-refractivity contribution in [3.63, 3.8) is 0 Å². The van der Waals surface area contributed by atoms with Crippen LogP contribution in [-0.2, 0) is 22.6 Å². The van der Waals surface area contributed by atoms with Crippen molar-refractivity contribution in [3.8, 4) is 0 Å². The van der Waals surface area contributed by atoms with E-state index in [1.165, 1.54) is 0 Å². The highest BCUT2D eigenvalue weighted by Gasteiger charge is 2.43. The second-order valence-electron chi connectivity index (χ2n) is 9.84. The molecule has 0 spiro atoms. The Bertz CT molecular complexity index is 1160. The molecule has 182 valence electrons. The fourth-order valence-corrected chi connectivity index (χ4v) is 5.30. The monoisotopic (exact) mass is 472 g/mol. The molecule has 7 nitrogen and oxygen atoms in total. The van der Waals surface area contributed by atoms with E-state index < -0.39 is 5.60 Å². The quantitative estimate of drug-likeness (QED) is 0.550. The largest absolute Gasteiger partial charge is 0.363 e. The summed E-state index contributed by atoms with van der Waals surface area (Å²) in [6.45, 7) is 5.51. The van der Waals surface area contributed by atoms with E-state index in [2.05, 4.69) is 24.0 Å². The fraction of sp³-hybridized carbons (Fsp3) is 0.393. The molecule has 3 heterocycles. The molecule has 0 saturated carbocycles. The molecular formula is C28H32N4O3. The number of hydrogen-bond acceptors (Lipinski definition) is 4. The molecule has 2 aromatic carbocycles. The standard InChI is InChI=1S/C28H32N4O3/c1-28(20-32(26(33)19-35-28)18-22-6-3-2-4-7-22)25-10-13-31(14-11-25)27(34)24-9-5-8-23(16-24)17-30-15-12-29-21-30/h2-9,12,15-16,21,25H,10-11,13-14,17-20H2,1H3/t28-/m1/s1. The molecule has 0 unspecified atom stereocenters. The zero-order valence-corrected chi connectivity index (χ0v) is 20.2. The van der Waals surface area contributed by atoms with Gasteiger partial charge in [0.15, 0.2) is 0 Å². The average Bonchev–Trinajstić information content (AvgIpc) is 3.40.